The summed E-state index contributed by atoms with van der Waals surface area (Å²) in [5, 5.41) is 13.0. The molecule has 0 aromatic heterocycles. The Morgan fingerprint density at radius 1 is 1.50 bits per heavy atom. The van der Waals surface area contributed by atoms with Crippen molar-refractivity contribution in [1.29, 1.82) is 0 Å². The first-order valence-electron chi connectivity index (χ1n) is 4.57. The zero-order valence-corrected chi connectivity index (χ0v) is 8.31. The lowest BCUT2D eigenvalue weighted by molar-refractivity contribution is 0.421. The molecule has 0 amide bonds. The van der Waals surface area contributed by atoms with Gasteiger partial charge in [0.05, 0.1) is 0 Å². The normalized spacial score (nSPS) is 21.4. The van der Waals surface area contributed by atoms with Crippen LogP contribution in [0.5, 0.6) is 5.75 Å². The SMILES string of the molecule is Oc1c(F)cc(Cl)cc1C1CCNC1. The fourth-order valence-electron chi connectivity index (χ4n) is 1.82. The molecule has 0 aliphatic carbocycles. The average Bonchev–Trinajstić information content (AvgIpc) is 2.63. The van der Waals surface area contributed by atoms with Gasteiger partial charge in [0.25, 0.3) is 0 Å². The van der Waals surface area contributed by atoms with E-state index in [0.29, 0.717) is 10.6 Å². The molecular formula is C10H11ClFNO. The summed E-state index contributed by atoms with van der Waals surface area (Å²) < 4.78 is 13.1. The fourth-order valence-corrected chi connectivity index (χ4v) is 2.03. The summed E-state index contributed by atoms with van der Waals surface area (Å²) in [7, 11) is 0. The molecule has 1 heterocycles. The van der Waals surface area contributed by atoms with Gasteiger partial charge in [-0.15, -0.1) is 0 Å². The third-order valence-corrected chi connectivity index (χ3v) is 2.78. The Labute approximate surface area is 86.7 Å². The van der Waals surface area contributed by atoms with Crippen molar-refractivity contribution in [2.24, 2.45) is 0 Å². The number of phenols is 1. The number of benzene rings is 1. The van der Waals surface area contributed by atoms with Crippen molar-refractivity contribution in [3.8, 4) is 5.75 Å². The Morgan fingerprint density at radius 3 is 2.93 bits per heavy atom. The summed E-state index contributed by atoms with van der Waals surface area (Å²) in [5.74, 6) is -0.731. The molecule has 1 unspecified atom stereocenters. The first-order valence-corrected chi connectivity index (χ1v) is 4.95. The van der Waals surface area contributed by atoms with E-state index >= 15 is 0 Å². The van der Waals surface area contributed by atoms with Crippen LogP contribution < -0.4 is 5.32 Å². The van der Waals surface area contributed by atoms with Gasteiger partial charge in [0.15, 0.2) is 11.6 Å². The number of rotatable bonds is 1. The molecule has 2 nitrogen and oxygen atoms in total. The quantitative estimate of drug-likeness (QED) is 0.753. The zero-order chi connectivity index (χ0) is 10.1. The highest BCUT2D eigenvalue weighted by Gasteiger charge is 2.21. The number of hydrogen-bond acceptors (Lipinski definition) is 2. The largest absolute Gasteiger partial charge is 0.505 e. The summed E-state index contributed by atoms with van der Waals surface area (Å²) in [5.41, 5.74) is 0.611. The Morgan fingerprint density at radius 2 is 2.29 bits per heavy atom. The number of halogens is 2. The molecule has 0 radical (unpaired) electrons. The lowest BCUT2D eigenvalue weighted by atomic mass is 9.97. The van der Waals surface area contributed by atoms with Gasteiger partial charge < -0.3 is 10.4 Å². The van der Waals surface area contributed by atoms with E-state index in [2.05, 4.69) is 5.32 Å². The molecule has 1 aliphatic heterocycles. The van der Waals surface area contributed by atoms with Crippen LogP contribution in [0.2, 0.25) is 5.02 Å². The third kappa shape index (κ3) is 1.70. The minimum Gasteiger partial charge on any atom is -0.505 e. The lowest BCUT2D eigenvalue weighted by Crippen LogP contribution is -2.08. The maximum atomic E-state index is 13.1. The van der Waals surface area contributed by atoms with E-state index in [1.165, 1.54) is 0 Å². The number of aromatic hydroxyl groups is 1. The Balaban J connectivity index is 2.40. The molecule has 1 saturated heterocycles. The van der Waals surface area contributed by atoms with Crippen LogP contribution in [0.15, 0.2) is 12.1 Å². The smallest absolute Gasteiger partial charge is 0.166 e. The van der Waals surface area contributed by atoms with Crippen molar-refractivity contribution in [2.45, 2.75) is 12.3 Å². The van der Waals surface area contributed by atoms with Gasteiger partial charge in [-0.2, -0.15) is 0 Å². The van der Waals surface area contributed by atoms with E-state index < -0.39 is 5.82 Å². The maximum Gasteiger partial charge on any atom is 0.166 e. The van der Waals surface area contributed by atoms with E-state index in [1.807, 2.05) is 0 Å². The van der Waals surface area contributed by atoms with Crippen LogP contribution in [-0.2, 0) is 0 Å². The molecule has 1 atom stereocenters. The maximum absolute atomic E-state index is 13.1. The van der Waals surface area contributed by atoms with E-state index in [0.717, 1.165) is 25.6 Å². The molecule has 0 bridgehead atoms. The van der Waals surface area contributed by atoms with Crippen LogP contribution >= 0.6 is 11.6 Å². The molecule has 76 valence electrons. The van der Waals surface area contributed by atoms with Crippen molar-refractivity contribution in [1.82, 2.24) is 5.32 Å². The van der Waals surface area contributed by atoms with Crippen LogP contribution in [0.1, 0.15) is 17.9 Å². The highest BCUT2D eigenvalue weighted by atomic mass is 35.5. The highest BCUT2D eigenvalue weighted by molar-refractivity contribution is 6.30. The van der Waals surface area contributed by atoms with Gasteiger partial charge >= 0.3 is 0 Å². The number of hydrogen-bond donors (Lipinski definition) is 2. The van der Waals surface area contributed by atoms with Crippen molar-refractivity contribution in [3.05, 3.63) is 28.5 Å². The first kappa shape index (κ1) is 9.74. The third-order valence-electron chi connectivity index (χ3n) is 2.56. The van der Waals surface area contributed by atoms with Crippen LogP contribution in [0.25, 0.3) is 0 Å². The van der Waals surface area contributed by atoms with E-state index in [-0.39, 0.29) is 11.7 Å². The molecule has 2 N–H and O–H groups in total. The summed E-state index contributed by atoms with van der Waals surface area (Å²) in [6.07, 6.45) is 0.910. The van der Waals surface area contributed by atoms with Gasteiger partial charge in [0, 0.05) is 23.0 Å². The molecular weight excluding hydrogens is 205 g/mol. The zero-order valence-electron chi connectivity index (χ0n) is 7.56. The molecule has 0 saturated carbocycles. The second kappa shape index (κ2) is 3.75. The molecule has 1 aliphatic rings. The van der Waals surface area contributed by atoms with E-state index in [9.17, 15) is 9.50 Å². The predicted octanol–water partition coefficient (Wildman–Crippen LogP) is 2.26. The second-order valence-electron chi connectivity index (χ2n) is 3.52. The molecule has 0 spiro atoms. The molecule has 14 heavy (non-hydrogen) atoms. The summed E-state index contributed by atoms with van der Waals surface area (Å²) in [6, 6.07) is 2.76. The number of nitrogens with one attached hydrogen (secondary N) is 1. The van der Waals surface area contributed by atoms with Gasteiger partial charge in [0.2, 0.25) is 0 Å². The van der Waals surface area contributed by atoms with Gasteiger partial charge in [-0.3, -0.25) is 0 Å². The Hall–Kier alpha value is -0.800. The number of phenolic OH excluding ortho intramolecular Hbond substituents is 1. The molecule has 2 rings (SSSR count). The van der Waals surface area contributed by atoms with Crippen molar-refractivity contribution >= 4 is 11.6 Å². The standard InChI is InChI=1S/C10H11ClFNO/c11-7-3-8(6-1-2-13-5-6)10(14)9(12)4-7/h3-4,6,13-14H,1-2,5H2. The summed E-state index contributed by atoms with van der Waals surface area (Å²) in [6.45, 7) is 1.67. The van der Waals surface area contributed by atoms with Gasteiger partial charge in [0.1, 0.15) is 0 Å². The first-order chi connectivity index (χ1) is 6.68. The summed E-state index contributed by atoms with van der Waals surface area (Å²) >= 11 is 5.73. The Kier molecular flexibility index (Phi) is 2.61. The topological polar surface area (TPSA) is 32.3 Å². The molecule has 1 fully saturated rings. The van der Waals surface area contributed by atoms with Crippen molar-refractivity contribution in [2.75, 3.05) is 13.1 Å². The monoisotopic (exact) mass is 215 g/mol. The fraction of sp³-hybridized carbons (Fsp3) is 0.400. The van der Waals surface area contributed by atoms with Crippen LogP contribution in [0.3, 0.4) is 0 Å². The van der Waals surface area contributed by atoms with E-state index in [4.69, 9.17) is 11.6 Å². The average molecular weight is 216 g/mol. The minimum absolute atomic E-state index is 0.170. The highest BCUT2D eigenvalue weighted by Crippen LogP contribution is 2.34. The van der Waals surface area contributed by atoms with Gasteiger partial charge in [-0.25, -0.2) is 4.39 Å². The molecule has 1 aromatic rings. The van der Waals surface area contributed by atoms with Crippen molar-refractivity contribution < 1.29 is 9.50 Å². The van der Waals surface area contributed by atoms with Crippen molar-refractivity contribution in [3.63, 3.8) is 0 Å². The molecule has 1 aromatic carbocycles. The molecule has 4 heteroatoms. The van der Waals surface area contributed by atoms with Crippen LogP contribution in [-0.4, -0.2) is 18.2 Å². The minimum atomic E-state index is -0.639. The Bertz CT molecular complexity index is 350. The second-order valence-corrected chi connectivity index (χ2v) is 3.95. The van der Waals surface area contributed by atoms with Crippen LogP contribution in [0.4, 0.5) is 4.39 Å². The van der Waals surface area contributed by atoms with Gasteiger partial charge in [-0.1, -0.05) is 11.6 Å². The lowest BCUT2D eigenvalue weighted by Gasteiger charge is -2.11. The van der Waals surface area contributed by atoms with Crippen LogP contribution in [0, 0.1) is 5.82 Å². The summed E-state index contributed by atoms with van der Waals surface area (Å²) in [4.78, 5) is 0. The predicted molar refractivity (Wildman–Crippen MR) is 53.3 cm³/mol. The van der Waals surface area contributed by atoms with Gasteiger partial charge in [-0.05, 0) is 25.1 Å². The van der Waals surface area contributed by atoms with E-state index in [1.54, 1.807) is 6.07 Å².